The summed E-state index contributed by atoms with van der Waals surface area (Å²) in [5, 5.41) is 3.71. The van der Waals surface area contributed by atoms with Crippen molar-refractivity contribution in [1.82, 2.24) is 0 Å². The summed E-state index contributed by atoms with van der Waals surface area (Å²) in [4.78, 5) is 26.4. The van der Waals surface area contributed by atoms with Crippen LogP contribution >= 0.6 is 11.6 Å². The molecule has 1 N–H and O–H groups in total. The van der Waals surface area contributed by atoms with Gasteiger partial charge < -0.3 is 10.1 Å². The number of hydrogen-bond acceptors (Lipinski definition) is 3. The van der Waals surface area contributed by atoms with Crippen molar-refractivity contribution in [3.8, 4) is 0 Å². The molecule has 0 heterocycles. The van der Waals surface area contributed by atoms with Crippen LogP contribution in [0.1, 0.15) is 37.7 Å². The van der Waals surface area contributed by atoms with Crippen LogP contribution in [0.5, 0.6) is 0 Å². The smallest absolute Gasteiger partial charge is 0.413 e. The first-order valence-electron chi connectivity index (χ1n) is 9.45. The molecule has 0 bridgehead atoms. The molecule has 5 nitrogen and oxygen atoms in total. The van der Waals surface area contributed by atoms with Gasteiger partial charge in [-0.2, -0.15) is 0 Å². The Bertz CT molecular complexity index is 845. The molecule has 2 aromatic rings. The largest absolute Gasteiger partial charge is 0.452 e. The fourth-order valence-corrected chi connectivity index (χ4v) is 4.04. The molecule has 3 rings (SSSR count). The van der Waals surface area contributed by atoms with Crippen molar-refractivity contribution in [2.45, 2.75) is 37.5 Å². The van der Waals surface area contributed by atoms with E-state index in [0.717, 1.165) is 37.7 Å². The zero-order chi connectivity index (χ0) is 20.1. The highest BCUT2D eigenvalue weighted by molar-refractivity contribution is 6.30. The molecule has 0 aliphatic heterocycles. The fourth-order valence-electron chi connectivity index (χ4n) is 3.85. The number of hydrogen-bond donors (Lipinski definition) is 1. The zero-order valence-electron chi connectivity index (χ0n) is 16.2. The lowest BCUT2D eigenvalue weighted by Gasteiger charge is -2.36. The maximum Gasteiger partial charge on any atom is 0.413 e. The van der Waals surface area contributed by atoms with E-state index in [-0.39, 0.29) is 5.91 Å². The first-order valence-corrected chi connectivity index (χ1v) is 9.83. The third-order valence-corrected chi connectivity index (χ3v) is 5.72. The summed E-state index contributed by atoms with van der Waals surface area (Å²) < 4.78 is 4.72. The summed E-state index contributed by atoms with van der Waals surface area (Å²) in [5.41, 5.74) is 1.79. The average molecular weight is 401 g/mol. The molecule has 2 aromatic carbocycles. The normalized spacial score (nSPS) is 15.5. The van der Waals surface area contributed by atoms with Crippen molar-refractivity contribution in [3.63, 3.8) is 0 Å². The quantitative estimate of drug-likeness (QED) is 0.749. The van der Waals surface area contributed by atoms with E-state index in [0.29, 0.717) is 16.4 Å². The standard InChI is InChI=1S/C22H25ClN2O3/c1-25(21(27)28-2)19-11-9-18(10-12-19)24-20(26)22(13-4-3-5-14-22)16-7-6-8-17(23)15-16/h6-12,15H,3-5,13-14H2,1-2H3,(H,24,26). The second kappa shape index (κ2) is 8.65. The summed E-state index contributed by atoms with van der Waals surface area (Å²) in [7, 11) is 2.97. The number of nitrogens with one attached hydrogen (secondary N) is 1. The molecule has 2 amide bonds. The van der Waals surface area contributed by atoms with E-state index in [1.165, 1.54) is 12.0 Å². The highest BCUT2D eigenvalue weighted by atomic mass is 35.5. The number of amides is 2. The predicted octanol–water partition coefficient (Wildman–Crippen LogP) is 5.38. The topological polar surface area (TPSA) is 58.6 Å². The molecular weight excluding hydrogens is 376 g/mol. The van der Waals surface area contributed by atoms with Crippen LogP contribution in [0.15, 0.2) is 48.5 Å². The van der Waals surface area contributed by atoms with Crippen LogP contribution in [-0.2, 0) is 14.9 Å². The lowest BCUT2D eigenvalue weighted by Crippen LogP contribution is -2.42. The first-order chi connectivity index (χ1) is 13.5. The molecular formula is C22H25ClN2O3. The highest BCUT2D eigenvalue weighted by Crippen LogP contribution is 2.41. The predicted molar refractivity (Wildman–Crippen MR) is 112 cm³/mol. The first kappa shape index (κ1) is 20.2. The van der Waals surface area contributed by atoms with Crippen LogP contribution in [0.2, 0.25) is 5.02 Å². The van der Waals surface area contributed by atoms with Crippen molar-refractivity contribution >= 4 is 35.0 Å². The molecule has 1 aliphatic carbocycles. The summed E-state index contributed by atoms with van der Waals surface area (Å²) in [6, 6.07) is 14.8. The zero-order valence-corrected chi connectivity index (χ0v) is 17.0. The summed E-state index contributed by atoms with van der Waals surface area (Å²) >= 11 is 6.20. The lowest BCUT2D eigenvalue weighted by atomic mass is 9.68. The number of benzene rings is 2. The Kier molecular flexibility index (Phi) is 6.25. The van der Waals surface area contributed by atoms with Crippen LogP contribution in [0.25, 0.3) is 0 Å². The van der Waals surface area contributed by atoms with Gasteiger partial charge in [-0.25, -0.2) is 4.79 Å². The van der Waals surface area contributed by atoms with E-state index in [1.807, 2.05) is 24.3 Å². The van der Waals surface area contributed by atoms with Gasteiger partial charge in [-0.15, -0.1) is 0 Å². The molecule has 148 valence electrons. The van der Waals surface area contributed by atoms with Gasteiger partial charge >= 0.3 is 6.09 Å². The van der Waals surface area contributed by atoms with Crippen LogP contribution in [0.4, 0.5) is 16.2 Å². The molecule has 1 fully saturated rings. The third-order valence-electron chi connectivity index (χ3n) is 5.48. The van der Waals surface area contributed by atoms with E-state index >= 15 is 0 Å². The van der Waals surface area contributed by atoms with Crippen molar-refractivity contribution in [1.29, 1.82) is 0 Å². The number of methoxy groups -OCH3 is 1. The van der Waals surface area contributed by atoms with Crippen LogP contribution in [-0.4, -0.2) is 26.2 Å². The van der Waals surface area contributed by atoms with Gasteiger partial charge in [0, 0.05) is 23.4 Å². The molecule has 6 heteroatoms. The van der Waals surface area contributed by atoms with Gasteiger partial charge in [0.15, 0.2) is 0 Å². The van der Waals surface area contributed by atoms with Gasteiger partial charge in [-0.3, -0.25) is 9.69 Å². The molecule has 1 saturated carbocycles. The maximum atomic E-state index is 13.3. The molecule has 28 heavy (non-hydrogen) atoms. The van der Waals surface area contributed by atoms with Gasteiger partial charge in [0.05, 0.1) is 12.5 Å². The fraction of sp³-hybridized carbons (Fsp3) is 0.364. The molecule has 0 unspecified atom stereocenters. The summed E-state index contributed by atoms with van der Waals surface area (Å²) in [6.45, 7) is 0. The van der Waals surface area contributed by atoms with E-state index < -0.39 is 11.5 Å². The molecule has 0 aromatic heterocycles. The molecule has 0 atom stereocenters. The minimum absolute atomic E-state index is 0.0106. The minimum atomic E-state index is -0.565. The van der Waals surface area contributed by atoms with Gasteiger partial charge in [-0.05, 0) is 54.8 Å². The number of ether oxygens (including phenoxy) is 1. The van der Waals surface area contributed by atoms with Gasteiger partial charge in [0.2, 0.25) is 5.91 Å². The second-order valence-electron chi connectivity index (χ2n) is 7.18. The van der Waals surface area contributed by atoms with Gasteiger partial charge in [0.1, 0.15) is 0 Å². The van der Waals surface area contributed by atoms with Crippen LogP contribution in [0.3, 0.4) is 0 Å². The number of halogens is 1. The Labute approximate surface area is 170 Å². The van der Waals surface area contributed by atoms with Crippen molar-refractivity contribution in [3.05, 3.63) is 59.1 Å². The monoisotopic (exact) mass is 400 g/mol. The van der Waals surface area contributed by atoms with E-state index in [2.05, 4.69) is 5.32 Å². The number of rotatable bonds is 4. The summed E-state index contributed by atoms with van der Waals surface area (Å²) in [5.74, 6) is -0.0106. The van der Waals surface area contributed by atoms with Crippen molar-refractivity contribution < 1.29 is 14.3 Å². The number of carbonyl (C=O) groups is 2. The maximum absolute atomic E-state index is 13.3. The van der Waals surface area contributed by atoms with Crippen molar-refractivity contribution in [2.75, 3.05) is 24.4 Å². The van der Waals surface area contributed by atoms with Crippen LogP contribution < -0.4 is 10.2 Å². The Morgan fingerprint density at radius 2 is 1.75 bits per heavy atom. The lowest BCUT2D eigenvalue weighted by molar-refractivity contribution is -0.122. The third kappa shape index (κ3) is 4.14. The summed E-state index contributed by atoms with van der Waals surface area (Å²) in [6.07, 6.45) is 4.35. The SMILES string of the molecule is COC(=O)N(C)c1ccc(NC(=O)C2(c3cccc(Cl)c3)CCCCC2)cc1. The molecule has 0 saturated heterocycles. The average Bonchev–Trinajstić information content (AvgIpc) is 2.73. The Morgan fingerprint density at radius 3 is 2.36 bits per heavy atom. The van der Waals surface area contributed by atoms with E-state index in [9.17, 15) is 9.59 Å². The Hall–Kier alpha value is -2.53. The highest BCUT2D eigenvalue weighted by Gasteiger charge is 2.41. The Balaban J connectivity index is 1.82. The molecule has 1 aliphatic rings. The van der Waals surface area contributed by atoms with E-state index in [1.54, 1.807) is 31.3 Å². The van der Waals surface area contributed by atoms with Gasteiger partial charge in [-0.1, -0.05) is 43.0 Å². The number of carbonyl (C=O) groups excluding carboxylic acids is 2. The van der Waals surface area contributed by atoms with Crippen molar-refractivity contribution in [2.24, 2.45) is 0 Å². The van der Waals surface area contributed by atoms with E-state index in [4.69, 9.17) is 16.3 Å². The number of anilines is 2. The van der Waals surface area contributed by atoms with Gasteiger partial charge in [0.25, 0.3) is 0 Å². The molecule has 0 spiro atoms. The van der Waals surface area contributed by atoms with Crippen LogP contribution in [0, 0.1) is 0 Å². The minimum Gasteiger partial charge on any atom is -0.452 e. The second-order valence-corrected chi connectivity index (χ2v) is 7.62. The Morgan fingerprint density at radius 1 is 1.07 bits per heavy atom. The molecule has 0 radical (unpaired) electrons. The number of nitrogens with zero attached hydrogens (tertiary/aromatic N) is 1.